The molecule has 3 heteroatoms. The number of carbonyl (C=O) groups is 1. The van der Waals surface area contributed by atoms with E-state index >= 15 is 0 Å². The SMILES string of the molecule is CCCC(N)CC(=O)NC1CCCC(CC)C1. The van der Waals surface area contributed by atoms with Crippen LogP contribution in [-0.4, -0.2) is 18.0 Å². The third kappa shape index (κ3) is 5.53. The van der Waals surface area contributed by atoms with Crippen LogP contribution in [0.2, 0.25) is 0 Å². The molecule has 1 aliphatic rings. The molecule has 0 bridgehead atoms. The maximum atomic E-state index is 11.8. The quantitative estimate of drug-likeness (QED) is 0.750. The van der Waals surface area contributed by atoms with E-state index in [-0.39, 0.29) is 11.9 Å². The summed E-state index contributed by atoms with van der Waals surface area (Å²) in [5.74, 6) is 0.950. The monoisotopic (exact) mass is 240 g/mol. The van der Waals surface area contributed by atoms with Gasteiger partial charge in [0.25, 0.3) is 0 Å². The van der Waals surface area contributed by atoms with E-state index < -0.39 is 0 Å². The third-order valence-corrected chi connectivity index (χ3v) is 3.83. The van der Waals surface area contributed by atoms with Crippen molar-refractivity contribution in [3.05, 3.63) is 0 Å². The van der Waals surface area contributed by atoms with Gasteiger partial charge in [0.2, 0.25) is 5.91 Å². The van der Waals surface area contributed by atoms with E-state index in [0.717, 1.165) is 31.6 Å². The average Bonchev–Trinajstić information content (AvgIpc) is 2.29. The number of hydrogen-bond donors (Lipinski definition) is 2. The van der Waals surface area contributed by atoms with Gasteiger partial charge in [-0.15, -0.1) is 0 Å². The van der Waals surface area contributed by atoms with Crippen molar-refractivity contribution in [2.45, 2.75) is 77.3 Å². The van der Waals surface area contributed by atoms with Gasteiger partial charge < -0.3 is 11.1 Å². The Bertz CT molecular complexity index is 230. The Morgan fingerprint density at radius 3 is 2.82 bits per heavy atom. The highest BCUT2D eigenvalue weighted by atomic mass is 16.1. The zero-order valence-corrected chi connectivity index (χ0v) is 11.4. The molecule has 17 heavy (non-hydrogen) atoms. The molecule has 0 aromatic rings. The maximum Gasteiger partial charge on any atom is 0.221 e. The minimum absolute atomic E-state index is 0.0329. The van der Waals surface area contributed by atoms with Crippen LogP contribution in [0.4, 0.5) is 0 Å². The Balaban J connectivity index is 2.25. The number of nitrogens with two attached hydrogens (primary N) is 1. The van der Waals surface area contributed by atoms with Crippen LogP contribution in [-0.2, 0) is 4.79 Å². The van der Waals surface area contributed by atoms with Crippen LogP contribution in [0.15, 0.2) is 0 Å². The van der Waals surface area contributed by atoms with E-state index in [4.69, 9.17) is 5.73 Å². The van der Waals surface area contributed by atoms with Gasteiger partial charge in [-0.25, -0.2) is 0 Å². The van der Waals surface area contributed by atoms with Crippen LogP contribution in [0.5, 0.6) is 0 Å². The molecule has 1 amide bonds. The van der Waals surface area contributed by atoms with Crippen LogP contribution >= 0.6 is 0 Å². The second-order valence-electron chi connectivity index (χ2n) is 5.46. The van der Waals surface area contributed by atoms with Gasteiger partial charge in [0.05, 0.1) is 0 Å². The second-order valence-corrected chi connectivity index (χ2v) is 5.46. The predicted molar refractivity (Wildman–Crippen MR) is 71.7 cm³/mol. The molecular formula is C14H28N2O. The molecule has 1 fully saturated rings. The lowest BCUT2D eigenvalue weighted by Gasteiger charge is -2.29. The molecule has 3 N–H and O–H groups in total. The van der Waals surface area contributed by atoms with Gasteiger partial charge in [0, 0.05) is 18.5 Å². The number of hydrogen-bond acceptors (Lipinski definition) is 2. The Labute approximate surface area is 106 Å². The molecule has 1 aliphatic carbocycles. The normalized spacial score (nSPS) is 26.5. The summed E-state index contributed by atoms with van der Waals surface area (Å²) >= 11 is 0. The summed E-state index contributed by atoms with van der Waals surface area (Å²) in [5, 5.41) is 3.15. The van der Waals surface area contributed by atoms with E-state index in [9.17, 15) is 4.79 Å². The van der Waals surface area contributed by atoms with Crippen LogP contribution < -0.4 is 11.1 Å². The van der Waals surface area contributed by atoms with E-state index in [0.29, 0.717) is 12.5 Å². The van der Waals surface area contributed by atoms with Gasteiger partial charge in [0.15, 0.2) is 0 Å². The minimum Gasteiger partial charge on any atom is -0.353 e. The molecule has 3 unspecified atom stereocenters. The summed E-state index contributed by atoms with van der Waals surface area (Å²) in [4.78, 5) is 11.8. The molecule has 100 valence electrons. The molecule has 3 nitrogen and oxygen atoms in total. The van der Waals surface area contributed by atoms with Gasteiger partial charge in [-0.3, -0.25) is 4.79 Å². The van der Waals surface area contributed by atoms with Crippen molar-refractivity contribution in [1.82, 2.24) is 5.32 Å². The Morgan fingerprint density at radius 2 is 2.18 bits per heavy atom. The van der Waals surface area contributed by atoms with Crippen LogP contribution in [0.25, 0.3) is 0 Å². The molecule has 0 saturated heterocycles. The first-order valence-corrected chi connectivity index (χ1v) is 7.20. The van der Waals surface area contributed by atoms with Crippen LogP contribution in [0.3, 0.4) is 0 Å². The van der Waals surface area contributed by atoms with Gasteiger partial charge in [-0.05, 0) is 25.2 Å². The third-order valence-electron chi connectivity index (χ3n) is 3.83. The van der Waals surface area contributed by atoms with Crippen molar-refractivity contribution in [1.29, 1.82) is 0 Å². The molecule has 0 aliphatic heterocycles. The highest BCUT2D eigenvalue weighted by molar-refractivity contribution is 5.76. The smallest absolute Gasteiger partial charge is 0.221 e. The standard InChI is InChI=1S/C14H28N2O/c1-3-6-12(15)10-14(17)16-13-8-5-7-11(4-2)9-13/h11-13H,3-10,15H2,1-2H3,(H,16,17). The van der Waals surface area contributed by atoms with Crippen molar-refractivity contribution in [2.24, 2.45) is 11.7 Å². The zero-order chi connectivity index (χ0) is 12.7. The molecule has 0 radical (unpaired) electrons. The maximum absolute atomic E-state index is 11.8. The lowest BCUT2D eigenvalue weighted by Crippen LogP contribution is -2.40. The number of nitrogens with one attached hydrogen (secondary N) is 1. The first-order valence-electron chi connectivity index (χ1n) is 7.20. The van der Waals surface area contributed by atoms with Crippen molar-refractivity contribution in [3.63, 3.8) is 0 Å². The molecule has 0 heterocycles. The Kier molecular flexibility index (Phi) is 6.56. The van der Waals surface area contributed by atoms with Crippen molar-refractivity contribution in [2.75, 3.05) is 0 Å². The van der Waals surface area contributed by atoms with Crippen molar-refractivity contribution >= 4 is 5.91 Å². The molecule has 1 saturated carbocycles. The molecule has 0 aromatic carbocycles. The fourth-order valence-corrected chi connectivity index (χ4v) is 2.79. The van der Waals surface area contributed by atoms with E-state index in [1.165, 1.54) is 19.3 Å². The van der Waals surface area contributed by atoms with Crippen LogP contribution in [0, 0.1) is 5.92 Å². The lowest BCUT2D eigenvalue weighted by atomic mass is 9.84. The summed E-state index contributed by atoms with van der Waals surface area (Å²) in [6.45, 7) is 4.34. The van der Waals surface area contributed by atoms with Gasteiger partial charge in [0.1, 0.15) is 0 Å². The fraction of sp³-hybridized carbons (Fsp3) is 0.929. The summed E-state index contributed by atoms with van der Waals surface area (Å²) in [5.41, 5.74) is 5.88. The Morgan fingerprint density at radius 1 is 1.41 bits per heavy atom. The van der Waals surface area contributed by atoms with E-state index in [2.05, 4.69) is 19.2 Å². The zero-order valence-electron chi connectivity index (χ0n) is 11.4. The predicted octanol–water partition coefficient (Wildman–Crippen LogP) is 2.59. The Hall–Kier alpha value is -0.570. The summed E-state index contributed by atoms with van der Waals surface area (Å²) in [7, 11) is 0. The second kappa shape index (κ2) is 7.70. The number of carbonyl (C=O) groups excluding carboxylic acids is 1. The molecule has 1 rings (SSSR count). The van der Waals surface area contributed by atoms with E-state index in [1.807, 2.05) is 0 Å². The highest BCUT2D eigenvalue weighted by Crippen LogP contribution is 2.26. The topological polar surface area (TPSA) is 55.1 Å². The molecule has 0 spiro atoms. The average molecular weight is 240 g/mol. The van der Waals surface area contributed by atoms with Gasteiger partial charge in [-0.1, -0.05) is 39.5 Å². The summed E-state index contributed by atoms with van der Waals surface area (Å²) in [6, 6.07) is 0.431. The largest absolute Gasteiger partial charge is 0.353 e. The summed E-state index contributed by atoms with van der Waals surface area (Å²) < 4.78 is 0. The summed E-state index contributed by atoms with van der Waals surface area (Å²) in [6.07, 6.45) is 8.60. The van der Waals surface area contributed by atoms with Gasteiger partial charge in [-0.2, -0.15) is 0 Å². The van der Waals surface area contributed by atoms with Gasteiger partial charge >= 0.3 is 0 Å². The number of amides is 1. The molecule has 0 aromatic heterocycles. The molecular weight excluding hydrogens is 212 g/mol. The van der Waals surface area contributed by atoms with Crippen molar-refractivity contribution < 1.29 is 4.79 Å². The van der Waals surface area contributed by atoms with E-state index in [1.54, 1.807) is 0 Å². The first-order chi connectivity index (χ1) is 8.15. The lowest BCUT2D eigenvalue weighted by molar-refractivity contribution is -0.122. The minimum atomic E-state index is 0.0329. The molecule has 3 atom stereocenters. The highest BCUT2D eigenvalue weighted by Gasteiger charge is 2.22. The number of rotatable bonds is 6. The van der Waals surface area contributed by atoms with Crippen molar-refractivity contribution in [3.8, 4) is 0 Å². The fourth-order valence-electron chi connectivity index (χ4n) is 2.79. The van der Waals surface area contributed by atoms with Crippen LogP contribution in [0.1, 0.15) is 65.2 Å². The first kappa shape index (κ1) is 14.5.